The Morgan fingerprint density at radius 1 is 1.36 bits per heavy atom. The van der Waals surface area contributed by atoms with Gasteiger partial charge in [-0.2, -0.15) is 0 Å². The van der Waals surface area contributed by atoms with Crippen molar-refractivity contribution in [3.05, 3.63) is 28.8 Å². The standard InChI is InChI=1S/C20H25F3N2O2S/c1-6-7-12(4)25-16-13(5)14(19-24-8-9-28-19)10-15(17(26)11(2)3)18(16)27-20(21,22)23/h8-11,17,26H,6-7H2,1-5H3. The van der Waals surface area contributed by atoms with Crippen LogP contribution < -0.4 is 4.74 Å². The molecule has 4 nitrogen and oxygen atoms in total. The minimum atomic E-state index is -4.90. The smallest absolute Gasteiger partial charge is 0.403 e. The topological polar surface area (TPSA) is 54.7 Å². The van der Waals surface area contributed by atoms with Crippen LogP contribution in [0.15, 0.2) is 22.6 Å². The fraction of sp³-hybridized carbons (Fsp3) is 0.500. The quantitative estimate of drug-likeness (QED) is 0.519. The predicted molar refractivity (Wildman–Crippen MR) is 106 cm³/mol. The van der Waals surface area contributed by atoms with Crippen LogP contribution in [0.3, 0.4) is 0 Å². The van der Waals surface area contributed by atoms with Crippen LogP contribution in [0.4, 0.5) is 18.9 Å². The van der Waals surface area contributed by atoms with E-state index >= 15 is 0 Å². The van der Waals surface area contributed by atoms with E-state index in [9.17, 15) is 18.3 Å². The molecule has 1 N–H and O–H groups in total. The highest BCUT2D eigenvalue weighted by Gasteiger charge is 2.36. The van der Waals surface area contributed by atoms with Crippen LogP contribution in [-0.4, -0.2) is 22.2 Å². The molecule has 0 amide bonds. The lowest BCUT2D eigenvalue weighted by atomic mass is 9.93. The average Bonchev–Trinajstić information content (AvgIpc) is 3.11. The van der Waals surface area contributed by atoms with Gasteiger partial charge in [0.2, 0.25) is 0 Å². The zero-order valence-electron chi connectivity index (χ0n) is 16.6. The molecule has 154 valence electrons. The fourth-order valence-corrected chi connectivity index (χ4v) is 3.60. The van der Waals surface area contributed by atoms with E-state index in [0.29, 0.717) is 28.3 Å². The molecule has 0 spiro atoms. The largest absolute Gasteiger partial charge is 0.573 e. The van der Waals surface area contributed by atoms with Crippen LogP contribution >= 0.6 is 11.3 Å². The Morgan fingerprint density at radius 2 is 2.04 bits per heavy atom. The Kier molecular flexibility index (Phi) is 7.22. The number of hydrogen-bond donors (Lipinski definition) is 1. The van der Waals surface area contributed by atoms with Gasteiger partial charge in [0, 0.05) is 28.4 Å². The van der Waals surface area contributed by atoms with Gasteiger partial charge in [0.05, 0.1) is 6.10 Å². The second-order valence-electron chi connectivity index (χ2n) is 6.99. The molecule has 0 saturated carbocycles. The molecule has 1 atom stereocenters. The number of thiazole rings is 1. The van der Waals surface area contributed by atoms with Crippen LogP contribution in [0.2, 0.25) is 0 Å². The summed E-state index contributed by atoms with van der Waals surface area (Å²) in [6, 6.07) is 1.54. The summed E-state index contributed by atoms with van der Waals surface area (Å²) >= 11 is 1.37. The van der Waals surface area contributed by atoms with Crippen molar-refractivity contribution < 1.29 is 23.0 Å². The summed E-state index contributed by atoms with van der Waals surface area (Å²) in [5.41, 5.74) is 2.02. The van der Waals surface area contributed by atoms with E-state index in [0.717, 1.165) is 6.42 Å². The second kappa shape index (κ2) is 9.05. The molecule has 1 unspecified atom stereocenters. The SMILES string of the molecule is CCCC(C)=Nc1c(C)c(-c2nccs2)cc(C(O)C(C)C)c1OC(F)(F)F. The first kappa shape index (κ1) is 22.4. The van der Waals surface area contributed by atoms with E-state index in [1.165, 1.54) is 17.4 Å². The molecule has 0 radical (unpaired) electrons. The van der Waals surface area contributed by atoms with Crippen molar-refractivity contribution in [3.8, 4) is 16.3 Å². The summed E-state index contributed by atoms with van der Waals surface area (Å²) in [7, 11) is 0. The lowest BCUT2D eigenvalue weighted by molar-refractivity contribution is -0.274. The first-order valence-corrected chi connectivity index (χ1v) is 9.98. The van der Waals surface area contributed by atoms with E-state index in [2.05, 4.69) is 14.7 Å². The van der Waals surface area contributed by atoms with Gasteiger partial charge in [-0.25, -0.2) is 4.98 Å². The van der Waals surface area contributed by atoms with Crippen LogP contribution in [-0.2, 0) is 0 Å². The van der Waals surface area contributed by atoms with Crippen molar-refractivity contribution in [3.63, 3.8) is 0 Å². The molecule has 0 bridgehead atoms. The first-order chi connectivity index (χ1) is 13.0. The summed E-state index contributed by atoms with van der Waals surface area (Å²) < 4.78 is 44.0. The van der Waals surface area contributed by atoms with Gasteiger partial charge in [0.15, 0.2) is 5.75 Å². The van der Waals surface area contributed by atoms with Gasteiger partial charge < -0.3 is 9.84 Å². The lowest BCUT2D eigenvalue weighted by Crippen LogP contribution is -2.20. The van der Waals surface area contributed by atoms with Gasteiger partial charge in [-0.15, -0.1) is 24.5 Å². The summed E-state index contributed by atoms with van der Waals surface area (Å²) in [4.78, 5) is 8.74. The number of ether oxygens (including phenoxy) is 1. The maximum Gasteiger partial charge on any atom is 0.573 e. The second-order valence-corrected chi connectivity index (χ2v) is 7.88. The Bertz CT molecular complexity index is 831. The number of aliphatic imine (C=N–C) groups is 1. The summed E-state index contributed by atoms with van der Waals surface area (Å²) in [5, 5.41) is 13.1. The van der Waals surface area contributed by atoms with Gasteiger partial charge in [-0.1, -0.05) is 27.2 Å². The molecule has 1 aromatic heterocycles. The number of rotatable bonds is 7. The number of aliphatic hydroxyl groups excluding tert-OH is 1. The van der Waals surface area contributed by atoms with Crippen molar-refractivity contribution in [2.24, 2.45) is 10.9 Å². The van der Waals surface area contributed by atoms with Gasteiger partial charge >= 0.3 is 6.36 Å². The van der Waals surface area contributed by atoms with Crippen LogP contribution in [0.5, 0.6) is 5.75 Å². The molecule has 0 fully saturated rings. The third kappa shape index (κ3) is 5.32. The van der Waals surface area contributed by atoms with Crippen LogP contribution in [0.1, 0.15) is 57.8 Å². The van der Waals surface area contributed by atoms with Crippen LogP contribution in [0, 0.1) is 12.8 Å². The molecule has 2 rings (SSSR count). The number of nitrogens with zero attached hydrogens (tertiary/aromatic N) is 2. The number of aliphatic hydroxyl groups is 1. The average molecular weight is 414 g/mol. The van der Waals surface area contributed by atoms with E-state index in [1.807, 2.05) is 6.92 Å². The fourth-order valence-electron chi connectivity index (χ4n) is 2.89. The molecule has 0 aliphatic carbocycles. The minimum absolute atomic E-state index is 0.0613. The van der Waals surface area contributed by atoms with Crippen molar-refractivity contribution in [1.82, 2.24) is 4.98 Å². The summed E-state index contributed by atoms with van der Waals surface area (Å²) in [5.74, 6) is -0.752. The number of alkyl halides is 3. The Labute approximate surface area is 167 Å². The van der Waals surface area contributed by atoms with Crippen molar-refractivity contribution in [2.45, 2.75) is 59.9 Å². The Morgan fingerprint density at radius 3 is 2.54 bits per heavy atom. The van der Waals surface area contributed by atoms with Gasteiger partial charge in [-0.3, -0.25) is 4.99 Å². The highest BCUT2D eigenvalue weighted by Crippen LogP contribution is 2.47. The summed E-state index contributed by atoms with van der Waals surface area (Å²) in [6.45, 7) is 8.91. The number of aromatic nitrogens is 1. The monoisotopic (exact) mass is 414 g/mol. The molecule has 0 aliphatic rings. The molecule has 1 aromatic carbocycles. The van der Waals surface area contributed by atoms with E-state index in [1.54, 1.807) is 39.3 Å². The van der Waals surface area contributed by atoms with Crippen molar-refractivity contribution >= 4 is 22.7 Å². The number of halogens is 3. The predicted octanol–water partition coefficient (Wildman–Crippen LogP) is 6.60. The maximum absolute atomic E-state index is 13.2. The third-order valence-corrected chi connectivity index (χ3v) is 5.09. The molecule has 8 heteroatoms. The Hall–Kier alpha value is -1.93. The number of hydrogen-bond acceptors (Lipinski definition) is 5. The Balaban J connectivity index is 2.84. The normalized spacial score (nSPS) is 13.9. The minimum Gasteiger partial charge on any atom is -0.403 e. The summed E-state index contributed by atoms with van der Waals surface area (Å²) in [6.07, 6.45) is -2.95. The van der Waals surface area contributed by atoms with Crippen molar-refractivity contribution in [1.29, 1.82) is 0 Å². The molecular formula is C20H25F3N2O2S. The number of benzene rings is 1. The molecule has 1 heterocycles. The highest BCUT2D eigenvalue weighted by atomic mass is 32.1. The molecule has 28 heavy (non-hydrogen) atoms. The molecule has 0 aliphatic heterocycles. The van der Waals surface area contributed by atoms with E-state index in [-0.39, 0.29) is 17.2 Å². The van der Waals surface area contributed by atoms with E-state index < -0.39 is 18.2 Å². The maximum atomic E-state index is 13.2. The van der Waals surface area contributed by atoms with Gasteiger partial charge in [0.25, 0.3) is 0 Å². The molecule has 0 saturated heterocycles. The molecule has 2 aromatic rings. The van der Waals surface area contributed by atoms with Crippen molar-refractivity contribution in [2.75, 3.05) is 0 Å². The third-order valence-electron chi connectivity index (χ3n) is 4.28. The highest BCUT2D eigenvalue weighted by molar-refractivity contribution is 7.13. The molecular weight excluding hydrogens is 389 g/mol. The first-order valence-electron chi connectivity index (χ1n) is 9.10. The zero-order valence-corrected chi connectivity index (χ0v) is 17.4. The zero-order chi connectivity index (χ0) is 21.1. The van der Waals surface area contributed by atoms with Crippen LogP contribution in [0.25, 0.3) is 10.6 Å². The lowest BCUT2D eigenvalue weighted by Gasteiger charge is -2.24. The van der Waals surface area contributed by atoms with Gasteiger partial charge in [0.1, 0.15) is 10.7 Å². The van der Waals surface area contributed by atoms with Gasteiger partial charge in [-0.05, 0) is 37.8 Å². The van der Waals surface area contributed by atoms with E-state index in [4.69, 9.17) is 0 Å².